The van der Waals surface area contributed by atoms with Crippen molar-refractivity contribution in [2.24, 2.45) is 5.10 Å². The van der Waals surface area contributed by atoms with Crippen LogP contribution in [0.5, 0.6) is 11.5 Å². The summed E-state index contributed by atoms with van der Waals surface area (Å²) in [6.45, 7) is -0.241. The summed E-state index contributed by atoms with van der Waals surface area (Å²) in [4.78, 5) is 25.0. The SMILES string of the molecule is O=C(Cn1cnc([N+](=O)[O-])n1)NN=Cc1cccc(Oc2ccccc2)c1. The van der Waals surface area contributed by atoms with E-state index >= 15 is 0 Å². The smallest absolute Gasteiger partial charge is 0.457 e. The van der Waals surface area contributed by atoms with Crippen molar-refractivity contribution in [1.82, 2.24) is 20.2 Å². The molecule has 0 saturated carbocycles. The number of carbonyl (C=O) groups is 1. The van der Waals surface area contributed by atoms with Crippen LogP contribution in [0.4, 0.5) is 5.95 Å². The molecule has 0 radical (unpaired) electrons. The van der Waals surface area contributed by atoms with Gasteiger partial charge in [-0.2, -0.15) is 9.78 Å². The maximum absolute atomic E-state index is 11.8. The number of nitrogens with zero attached hydrogens (tertiary/aromatic N) is 5. The van der Waals surface area contributed by atoms with E-state index in [4.69, 9.17) is 4.74 Å². The topological polar surface area (TPSA) is 125 Å². The highest BCUT2D eigenvalue weighted by Crippen LogP contribution is 2.21. The molecule has 3 aromatic rings. The maximum atomic E-state index is 11.8. The Hall–Kier alpha value is -4.08. The van der Waals surface area contributed by atoms with Crippen molar-refractivity contribution in [2.75, 3.05) is 0 Å². The first-order valence-corrected chi connectivity index (χ1v) is 7.79. The third-order valence-electron chi connectivity index (χ3n) is 3.23. The van der Waals surface area contributed by atoms with Gasteiger partial charge in [0.25, 0.3) is 5.91 Å². The molecule has 0 atom stereocenters. The van der Waals surface area contributed by atoms with E-state index < -0.39 is 16.8 Å². The average Bonchev–Trinajstić information content (AvgIpc) is 3.12. The Bertz CT molecular complexity index is 970. The van der Waals surface area contributed by atoms with Crippen LogP contribution in [0, 0.1) is 10.1 Å². The Morgan fingerprint density at radius 3 is 2.74 bits per heavy atom. The number of hydrogen-bond donors (Lipinski definition) is 1. The van der Waals surface area contributed by atoms with Gasteiger partial charge in [-0.15, -0.1) is 0 Å². The molecule has 1 aromatic heterocycles. The van der Waals surface area contributed by atoms with E-state index in [0.29, 0.717) is 11.5 Å². The van der Waals surface area contributed by atoms with Crippen LogP contribution in [0.25, 0.3) is 0 Å². The second kappa shape index (κ2) is 8.34. The summed E-state index contributed by atoms with van der Waals surface area (Å²) in [7, 11) is 0. The van der Waals surface area contributed by atoms with Crippen molar-refractivity contribution in [1.29, 1.82) is 0 Å². The highest BCUT2D eigenvalue weighted by Gasteiger charge is 2.14. The lowest BCUT2D eigenvalue weighted by molar-refractivity contribution is -0.394. The van der Waals surface area contributed by atoms with Crippen LogP contribution >= 0.6 is 0 Å². The number of nitrogens with one attached hydrogen (secondary N) is 1. The number of benzene rings is 2. The predicted molar refractivity (Wildman–Crippen MR) is 95.4 cm³/mol. The summed E-state index contributed by atoms with van der Waals surface area (Å²) >= 11 is 0. The van der Waals surface area contributed by atoms with Crippen LogP contribution in [0.3, 0.4) is 0 Å². The van der Waals surface area contributed by atoms with Gasteiger partial charge in [-0.3, -0.25) is 4.79 Å². The van der Waals surface area contributed by atoms with Gasteiger partial charge in [0.15, 0.2) is 0 Å². The molecule has 1 heterocycles. The van der Waals surface area contributed by atoms with E-state index in [9.17, 15) is 14.9 Å². The molecular formula is C17H14N6O4. The van der Waals surface area contributed by atoms with E-state index in [-0.39, 0.29) is 6.54 Å². The molecule has 0 unspecified atom stereocenters. The first-order chi connectivity index (χ1) is 13.1. The fourth-order valence-corrected chi connectivity index (χ4v) is 2.09. The quantitative estimate of drug-likeness (QED) is 0.388. The van der Waals surface area contributed by atoms with Gasteiger partial charge in [0.05, 0.1) is 6.21 Å². The van der Waals surface area contributed by atoms with Gasteiger partial charge >= 0.3 is 5.95 Å². The molecule has 3 rings (SSSR count). The van der Waals surface area contributed by atoms with Crippen LogP contribution in [-0.2, 0) is 11.3 Å². The molecule has 0 aliphatic heterocycles. The zero-order chi connectivity index (χ0) is 19.1. The van der Waals surface area contributed by atoms with Gasteiger partial charge in [0.1, 0.15) is 18.0 Å². The molecule has 10 nitrogen and oxygen atoms in total. The molecule has 27 heavy (non-hydrogen) atoms. The van der Waals surface area contributed by atoms with Crippen molar-refractivity contribution >= 4 is 18.1 Å². The van der Waals surface area contributed by atoms with E-state index in [2.05, 4.69) is 20.6 Å². The highest BCUT2D eigenvalue weighted by molar-refractivity contribution is 5.82. The standard InChI is InChI=1S/C17H14N6O4/c24-16(11-22-12-18-17(21-22)23(25)26)20-19-10-13-5-4-8-15(9-13)27-14-6-2-1-3-7-14/h1-10,12H,11H2,(H,20,24). The molecule has 2 aromatic carbocycles. The van der Waals surface area contributed by atoms with Crippen LogP contribution in [0.2, 0.25) is 0 Å². The third-order valence-corrected chi connectivity index (χ3v) is 3.23. The zero-order valence-corrected chi connectivity index (χ0v) is 13.9. The average molecular weight is 366 g/mol. The largest absolute Gasteiger partial charge is 0.490 e. The first kappa shape index (κ1) is 17.7. The summed E-state index contributed by atoms with van der Waals surface area (Å²) in [6, 6.07) is 16.5. The summed E-state index contributed by atoms with van der Waals surface area (Å²) in [5.74, 6) is 0.275. The minimum absolute atomic E-state index is 0.241. The number of aromatic nitrogens is 3. The van der Waals surface area contributed by atoms with Gasteiger partial charge < -0.3 is 14.9 Å². The number of nitro groups is 1. The Labute approximate surface area is 153 Å². The summed E-state index contributed by atoms with van der Waals surface area (Å²) in [5.41, 5.74) is 3.04. The normalized spacial score (nSPS) is 10.7. The van der Waals surface area contributed by atoms with Gasteiger partial charge in [-0.25, -0.2) is 5.43 Å². The van der Waals surface area contributed by atoms with Crippen molar-refractivity contribution < 1.29 is 14.5 Å². The van der Waals surface area contributed by atoms with Crippen LogP contribution < -0.4 is 10.2 Å². The molecule has 1 amide bonds. The number of hydrogen-bond acceptors (Lipinski definition) is 7. The van der Waals surface area contributed by atoms with E-state index in [1.165, 1.54) is 6.21 Å². The Balaban J connectivity index is 1.55. The summed E-state index contributed by atoms with van der Waals surface area (Å²) in [6.07, 6.45) is 2.56. The number of carbonyl (C=O) groups excluding carboxylic acids is 1. The van der Waals surface area contributed by atoms with Crippen molar-refractivity contribution in [3.63, 3.8) is 0 Å². The van der Waals surface area contributed by atoms with Gasteiger partial charge in [-0.05, 0) is 34.8 Å². The van der Waals surface area contributed by atoms with E-state index in [0.717, 1.165) is 16.6 Å². The van der Waals surface area contributed by atoms with Gasteiger partial charge in [0.2, 0.25) is 6.33 Å². The fraction of sp³-hybridized carbons (Fsp3) is 0.0588. The summed E-state index contributed by atoms with van der Waals surface area (Å²) < 4.78 is 6.78. The minimum Gasteiger partial charge on any atom is -0.457 e. The first-order valence-electron chi connectivity index (χ1n) is 7.79. The molecule has 0 aliphatic carbocycles. The van der Waals surface area contributed by atoms with Gasteiger partial charge in [-0.1, -0.05) is 35.3 Å². The number of hydrazone groups is 1. The third kappa shape index (κ3) is 5.19. The van der Waals surface area contributed by atoms with Crippen molar-refractivity contribution in [3.05, 3.63) is 76.6 Å². The van der Waals surface area contributed by atoms with E-state index in [1.807, 2.05) is 30.3 Å². The van der Waals surface area contributed by atoms with Crippen molar-refractivity contribution in [3.8, 4) is 11.5 Å². The van der Waals surface area contributed by atoms with Gasteiger partial charge in [0, 0.05) is 5.10 Å². The Morgan fingerprint density at radius 2 is 2.00 bits per heavy atom. The monoisotopic (exact) mass is 366 g/mol. The predicted octanol–water partition coefficient (Wildman–Crippen LogP) is 2.13. The lowest BCUT2D eigenvalue weighted by Crippen LogP contribution is -2.23. The number of amides is 1. The second-order valence-electron chi connectivity index (χ2n) is 5.28. The maximum Gasteiger partial charge on any atom is 0.490 e. The van der Waals surface area contributed by atoms with E-state index in [1.54, 1.807) is 24.3 Å². The molecule has 0 fully saturated rings. The molecule has 136 valence electrons. The Morgan fingerprint density at radius 1 is 1.22 bits per heavy atom. The molecule has 0 bridgehead atoms. The molecule has 0 spiro atoms. The number of rotatable bonds is 7. The minimum atomic E-state index is -0.739. The molecule has 10 heteroatoms. The zero-order valence-electron chi connectivity index (χ0n) is 13.9. The molecular weight excluding hydrogens is 352 g/mol. The fourth-order valence-electron chi connectivity index (χ4n) is 2.09. The summed E-state index contributed by atoms with van der Waals surface area (Å²) in [5, 5.41) is 17.9. The number of para-hydroxylation sites is 1. The Kier molecular flexibility index (Phi) is 5.48. The van der Waals surface area contributed by atoms with Crippen LogP contribution in [0.15, 0.2) is 66.0 Å². The lowest BCUT2D eigenvalue weighted by Gasteiger charge is -2.05. The number of ether oxygens (including phenoxy) is 1. The lowest BCUT2D eigenvalue weighted by atomic mass is 10.2. The molecule has 1 N–H and O–H groups in total. The highest BCUT2D eigenvalue weighted by atomic mass is 16.6. The van der Waals surface area contributed by atoms with Crippen LogP contribution in [-0.4, -0.2) is 31.8 Å². The van der Waals surface area contributed by atoms with Crippen molar-refractivity contribution in [2.45, 2.75) is 6.54 Å². The second-order valence-corrected chi connectivity index (χ2v) is 5.28. The molecule has 0 aliphatic rings. The molecule has 0 saturated heterocycles. The van der Waals surface area contributed by atoms with Crippen LogP contribution in [0.1, 0.15) is 5.56 Å².